The average molecular weight is 311 g/mol. The van der Waals surface area contributed by atoms with Crippen LogP contribution < -0.4 is 4.31 Å². The second kappa shape index (κ2) is 5.44. The fourth-order valence-electron chi connectivity index (χ4n) is 1.72. The molecule has 0 amide bonds. The van der Waals surface area contributed by atoms with Gasteiger partial charge in [-0.15, -0.1) is 0 Å². The third kappa shape index (κ3) is 3.14. The molecule has 0 aliphatic rings. The van der Waals surface area contributed by atoms with E-state index in [9.17, 15) is 18.3 Å². The van der Waals surface area contributed by atoms with Gasteiger partial charge in [-0.3, -0.25) is 13.8 Å². The first-order valence-corrected chi connectivity index (χ1v) is 7.27. The standard InChI is InChI=1S/C12H13N3O5S/c1-14-7-11(6-13-14)21(19,20)15(8-12(17)18)9-2-4-10(16)5-3-9/h2-7,16H,8H2,1H3,(H,17,18). The SMILES string of the molecule is Cn1cc(S(=O)(=O)N(CC(=O)O)c2ccc(O)cc2)cn1. The summed E-state index contributed by atoms with van der Waals surface area (Å²) in [5.74, 6) is -1.34. The zero-order valence-corrected chi connectivity index (χ0v) is 11.9. The Morgan fingerprint density at radius 2 is 1.95 bits per heavy atom. The molecule has 0 spiro atoms. The molecule has 0 radical (unpaired) electrons. The van der Waals surface area contributed by atoms with E-state index in [2.05, 4.69) is 5.10 Å². The minimum absolute atomic E-state index is 0.0483. The van der Waals surface area contributed by atoms with E-state index in [-0.39, 0.29) is 16.3 Å². The van der Waals surface area contributed by atoms with Crippen LogP contribution in [0.15, 0.2) is 41.6 Å². The number of hydrogen-bond acceptors (Lipinski definition) is 5. The number of benzene rings is 1. The lowest BCUT2D eigenvalue weighted by atomic mass is 10.3. The fraction of sp³-hybridized carbons (Fsp3) is 0.167. The smallest absolute Gasteiger partial charge is 0.324 e. The van der Waals surface area contributed by atoms with E-state index < -0.39 is 22.5 Å². The third-order valence-corrected chi connectivity index (χ3v) is 4.41. The van der Waals surface area contributed by atoms with Crippen LogP contribution in [0.5, 0.6) is 5.75 Å². The number of hydrogen-bond donors (Lipinski definition) is 2. The molecule has 9 heteroatoms. The van der Waals surface area contributed by atoms with Crippen molar-refractivity contribution in [2.75, 3.05) is 10.8 Å². The Morgan fingerprint density at radius 3 is 2.43 bits per heavy atom. The van der Waals surface area contributed by atoms with E-state index >= 15 is 0 Å². The van der Waals surface area contributed by atoms with Gasteiger partial charge in [0.2, 0.25) is 0 Å². The van der Waals surface area contributed by atoms with E-state index in [0.717, 1.165) is 10.5 Å². The highest BCUT2D eigenvalue weighted by Crippen LogP contribution is 2.24. The van der Waals surface area contributed by atoms with Crippen LogP contribution >= 0.6 is 0 Å². The molecule has 0 fully saturated rings. The fourth-order valence-corrected chi connectivity index (χ4v) is 3.12. The molecule has 1 aromatic heterocycles. The van der Waals surface area contributed by atoms with Crippen LogP contribution in [-0.4, -0.2) is 40.9 Å². The predicted octanol–water partition coefficient (Wildman–Crippen LogP) is 0.406. The molecule has 0 aliphatic carbocycles. The van der Waals surface area contributed by atoms with Crippen molar-refractivity contribution in [2.45, 2.75) is 4.90 Å². The van der Waals surface area contributed by atoms with Gasteiger partial charge in [0.1, 0.15) is 17.2 Å². The maximum atomic E-state index is 12.5. The van der Waals surface area contributed by atoms with Crippen LogP contribution in [0.4, 0.5) is 5.69 Å². The van der Waals surface area contributed by atoms with Crippen molar-refractivity contribution in [3.8, 4) is 5.75 Å². The van der Waals surface area contributed by atoms with Crippen LogP contribution in [0.2, 0.25) is 0 Å². The number of phenols is 1. The average Bonchev–Trinajstić information content (AvgIpc) is 2.84. The normalized spacial score (nSPS) is 11.3. The van der Waals surface area contributed by atoms with Crippen molar-refractivity contribution in [3.63, 3.8) is 0 Å². The topological polar surface area (TPSA) is 113 Å². The Balaban J connectivity index is 2.49. The Labute approximate surface area is 120 Å². The van der Waals surface area contributed by atoms with Crippen LogP contribution in [0, 0.1) is 0 Å². The number of nitrogens with zero attached hydrogens (tertiary/aromatic N) is 3. The Kier molecular flexibility index (Phi) is 3.85. The molecule has 0 atom stereocenters. The van der Waals surface area contributed by atoms with Crippen LogP contribution in [0.3, 0.4) is 0 Å². The highest BCUT2D eigenvalue weighted by Gasteiger charge is 2.28. The summed E-state index contributed by atoms with van der Waals surface area (Å²) >= 11 is 0. The molecule has 2 aromatic rings. The molecule has 112 valence electrons. The number of aromatic nitrogens is 2. The maximum absolute atomic E-state index is 12.5. The van der Waals surface area contributed by atoms with Crippen LogP contribution in [0.1, 0.15) is 0 Å². The first kappa shape index (κ1) is 14.9. The number of phenolic OH excluding ortho intramolecular Hbond substituents is 1. The molecule has 2 rings (SSSR count). The number of aryl methyl sites for hydroxylation is 1. The lowest BCUT2D eigenvalue weighted by Crippen LogP contribution is -2.35. The van der Waals surface area contributed by atoms with Gasteiger partial charge in [-0.05, 0) is 24.3 Å². The summed E-state index contributed by atoms with van der Waals surface area (Å²) in [7, 11) is -2.50. The molecule has 0 aliphatic heterocycles. The van der Waals surface area contributed by atoms with Gasteiger partial charge >= 0.3 is 5.97 Å². The number of anilines is 1. The van der Waals surface area contributed by atoms with E-state index in [4.69, 9.17) is 5.11 Å². The molecule has 0 saturated heterocycles. The first-order valence-electron chi connectivity index (χ1n) is 5.83. The number of carboxylic acid groups (broad SMARTS) is 1. The van der Waals surface area contributed by atoms with Crippen molar-refractivity contribution in [1.82, 2.24) is 9.78 Å². The van der Waals surface area contributed by atoms with E-state index in [0.29, 0.717) is 0 Å². The molecule has 1 aromatic carbocycles. The number of aromatic hydroxyl groups is 1. The molecule has 2 N–H and O–H groups in total. The summed E-state index contributed by atoms with van der Waals surface area (Å²) in [6.45, 7) is -0.734. The predicted molar refractivity (Wildman–Crippen MR) is 73.5 cm³/mol. The molecule has 1 heterocycles. The summed E-state index contributed by atoms with van der Waals surface area (Å²) in [6, 6.07) is 5.21. The lowest BCUT2D eigenvalue weighted by Gasteiger charge is -2.21. The zero-order valence-electron chi connectivity index (χ0n) is 11.0. The summed E-state index contributed by atoms with van der Waals surface area (Å²) < 4.78 is 27.1. The molecule has 0 saturated carbocycles. The number of carboxylic acids is 1. The monoisotopic (exact) mass is 311 g/mol. The van der Waals surface area contributed by atoms with Crippen molar-refractivity contribution in [1.29, 1.82) is 0 Å². The molecule has 0 unspecified atom stereocenters. The van der Waals surface area contributed by atoms with Crippen molar-refractivity contribution < 1.29 is 23.4 Å². The van der Waals surface area contributed by atoms with Gasteiger partial charge < -0.3 is 10.2 Å². The zero-order chi connectivity index (χ0) is 15.6. The second-order valence-corrected chi connectivity index (χ2v) is 6.13. The van der Waals surface area contributed by atoms with E-state index in [1.54, 1.807) is 7.05 Å². The quantitative estimate of drug-likeness (QED) is 0.826. The maximum Gasteiger partial charge on any atom is 0.324 e. The number of rotatable bonds is 5. The molecule has 8 nitrogen and oxygen atoms in total. The van der Waals surface area contributed by atoms with E-state index in [1.165, 1.54) is 35.1 Å². The van der Waals surface area contributed by atoms with Crippen molar-refractivity contribution >= 4 is 21.7 Å². The number of sulfonamides is 1. The summed E-state index contributed by atoms with van der Waals surface area (Å²) in [6.07, 6.45) is 2.43. The molecule has 0 bridgehead atoms. The largest absolute Gasteiger partial charge is 0.508 e. The molecular formula is C12H13N3O5S. The number of aliphatic carboxylic acids is 1. The van der Waals surface area contributed by atoms with Crippen molar-refractivity contribution in [2.24, 2.45) is 7.05 Å². The molecule has 21 heavy (non-hydrogen) atoms. The lowest BCUT2D eigenvalue weighted by molar-refractivity contribution is -0.135. The first-order chi connectivity index (χ1) is 9.80. The highest BCUT2D eigenvalue weighted by atomic mass is 32.2. The third-order valence-electron chi connectivity index (χ3n) is 2.69. The number of carbonyl (C=O) groups is 1. The second-order valence-electron chi connectivity index (χ2n) is 4.27. The Hall–Kier alpha value is -2.55. The molecular weight excluding hydrogens is 298 g/mol. The van der Waals surface area contributed by atoms with Gasteiger partial charge in [0.05, 0.1) is 11.9 Å². The summed E-state index contributed by atoms with van der Waals surface area (Å²) in [5.41, 5.74) is 0.138. The summed E-state index contributed by atoms with van der Waals surface area (Å²) in [4.78, 5) is 10.8. The summed E-state index contributed by atoms with van der Waals surface area (Å²) in [5, 5.41) is 22.0. The van der Waals surface area contributed by atoms with Gasteiger partial charge in [0.25, 0.3) is 10.0 Å². The van der Waals surface area contributed by atoms with Gasteiger partial charge in [-0.1, -0.05) is 0 Å². The Bertz CT molecular complexity index is 751. The van der Waals surface area contributed by atoms with E-state index in [1.807, 2.05) is 0 Å². The minimum Gasteiger partial charge on any atom is -0.508 e. The highest BCUT2D eigenvalue weighted by molar-refractivity contribution is 7.92. The van der Waals surface area contributed by atoms with Gasteiger partial charge in [-0.25, -0.2) is 8.42 Å². The van der Waals surface area contributed by atoms with Gasteiger partial charge in [0, 0.05) is 13.2 Å². The van der Waals surface area contributed by atoms with Gasteiger partial charge in [0.15, 0.2) is 0 Å². The van der Waals surface area contributed by atoms with Gasteiger partial charge in [-0.2, -0.15) is 5.10 Å². The van der Waals surface area contributed by atoms with Crippen molar-refractivity contribution in [3.05, 3.63) is 36.7 Å². The minimum atomic E-state index is -4.05. The van der Waals surface area contributed by atoms with Crippen LogP contribution in [-0.2, 0) is 21.9 Å². The Morgan fingerprint density at radius 1 is 1.33 bits per heavy atom. The van der Waals surface area contributed by atoms with Crippen LogP contribution in [0.25, 0.3) is 0 Å².